The summed E-state index contributed by atoms with van der Waals surface area (Å²) in [6, 6.07) is 14.1. The van der Waals surface area contributed by atoms with Crippen LogP contribution in [-0.2, 0) is 0 Å². The Labute approximate surface area is 165 Å². The number of aliphatic imine (C=N–C) groups is 2. The number of nitrogens with zero attached hydrogens (tertiary/aromatic N) is 2. The van der Waals surface area contributed by atoms with E-state index in [4.69, 9.17) is 0 Å². The van der Waals surface area contributed by atoms with E-state index >= 15 is 0 Å². The minimum Gasteiger partial charge on any atom is -0.507 e. The number of para-hydroxylation sites is 2. The standard InChI is InChI=1S/C21H28N4O3/c26-19(15-24-11-9-22-13-17-5-1-3-7-20(17)27)16-25-12-10-23-14-18-6-2-4-8-21(18)28/h1-8,13-14,19,24-28H,9-12,15-16H2. The zero-order valence-electron chi connectivity index (χ0n) is 15.8. The topological polar surface area (TPSA) is 109 Å². The monoisotopic (exact) mass is 384 g/mol. The van der Waals surface area contributed by atoms with Crippen LogP contribution in [0.1, 0.15) is 11.1 Å². The first-order valence-electron chi connectivity index (χ1n) is 9.32. The Bertz CT molecular complexity index is 701. The van der Waals surface area contributed by atoms with Gasteiger partial charge in [0.25, 0.3) is 0 Å². The van der Waals surface area contributed by atoms with E-state index < -0.39 is 6.10 Å². The van der Waals surface area contributed by atoms with Crippen molar-refractivity contribution in [3.63, 3.8) is 0 Å². The van der Waals surface area contributed by atoms with E-state index in [-0.39, 0.29) is 11.5 Å². The van der Waals surface area contributed by atoms with Crippen molar-refractivity contribution in [3.8, 4) is 11.5 Å². The van der Waals surface area contributed by atoms with Crippen molar-refractivity contribution < 1.29 is 15.3 Å². The van der Waals surface area contributed by atoms with Crippen molar-refractivity contribution in [2.75, 3.05) is 39.3 Å². The summed E-state index contributed by atoms with van der Waals surface area (Å²) in [7, 11) is 0. The lowest BCUT2D eigenvalue weighted by molar-refractivity contribution is 0.169. The highest BCUT2D eigenvalue weighted by Gasteiger charge is 2.02. The van der Waals surface area contributed by atoms with Gasteiger partial charge in [0.15, 0.2) is 0 Å². The Kier molecular flexibility index (Phi) is 9.71. The van der Waals surface area contributed by atoms with Crippen LogP contribution in [0.4, 0.5) is 0 Å². The lowest BCUT2D eigenvalue weighted by Gasteiger charge is -2.11. The summed E-state index contributed by atoms with van der Waals surface area (Å²) in [6.45, 7) is 3.36. The molecule has 0 saturated carbocycles. The highest BCUT2D eigenvalue weighted by molar-refractivity contribution is 5.83. The van der Waals surface area contributed by atoms with Crippen molar-refractivity contribution in [2.45, 2.75) is 6.10 Å². The SMILES string of the molecule is Oc1ccccc1C=NCCNCC(O)CNCCN=Cc1ccccc1O. The molecule has 0 heterocycles. The first kappa shape index (κ1) is 21.6. The fourth-order valence-electron chi connectivity index (χ4n) is 2.42. The average Bonchev–Trinajstić information content (AvgIpc) is 2.70. The Morgan fingerprint density at radius 1 is 0.750 bits per heavy atom. The van der Waals surface area contributed by atoms with Crippen molar-refractivity contribution in [1.29, 1.82) is 0 Å². The van der Waals surface area contributed by atoms with Crippen molar-refractivity contribution in [3.05, 3.63) is 59.7 Å². The lowest BCUT2D eigenvalue weighted by atomic mass is 10.2. The number of aliphatic hydroxyl groups is 1. The average molecular weight is 384 g/mol. The number of hydrogen-bond acceptors (Lipinski definition) is 7. The molecule has 2 rings (SSSR count). The molecule has 2 aromatic rings. The Balaban J connectivity index is 1.49. The van der Waals surface area contributed by atoms with E-state index in [2.05, 4.69) is 20.6 Å². The van der Waals surface area contributed by atoms with Gasteiger partial charge >= 0.3 is 0 Å². The lowest BCUT2D eigenvalue weighted by Crippen LogP contribution is -2.37. The van der Waals surface area contributed by atoms with Gasteiger partial charge in [-0.1, -0.05) is 24.3 Å². The molecule has 0 amide bonds. The molecule has 0 aromatic heterocycles. The van der Waals surface area contributed by atoms with Crippen LogP contribution >= 0.6 is 0 Å². The second kappa shape index (κ2) is 12.6. The molecule has 0 aliphatic heterocycles. The first-order valence-corrected chi connectivity index (χ1v) is 9.32. The summed E-state index contributed by atoms with van der Waals surface area (Å²) >= 11 is 0. The van der Waals surface area contributed by atoms with E-state index in [0.717, 1.165) is 0 Å². The highest BCUT2D eigenvalue weighted by Crippen LogP contribution is 2.13. The molecule has 0 bridgehead atoms. The van der Waals surface area contributed by atoms with E-state index in [9.17, 15) is 15.3 Å². The normalized spacial score (nSPS) is 12.8. The van der Waals surface area contributed by atoms with Crippen LogP contribution in [0, 0.1) is 0 Å². The Hall–Kier alpha value is -2.74. The first-order chi connectivity index (χ1) is 13.7. The largest absolute Gasteiger partial charge is 0.507 e. The second-order valence-corrected chi connectivity index (χ2v) is 6.25. The molecule has 0 fully saturated rings. The molecule has 0 atom stereocenters. The minimum absolute atomic E-state index is 0.214. The number of rotatable bonds is 12. The number of aromatic hydroxyl groups is 2. The zero-order chi connectivity index (χ0) is 20.0. The molecular weight excluding hydrogens is 356 g/mol. The van der Waals surface area contributed by atoms with Gasteiger partial charge in [0.05, 0.1) is 19.2 Å². The van der Waals surface area contributed by atoms with Gasteiger partial charge < -0.3 is 26.0 Å². The molecule has 0 unspecified atom stereocenters. The van der Waals surface area contributed by atoms with Crippen molar-refractivity contribution >= 4 is 12.4 Å². The van der Waals surface area contributed by atoms with Crippen LogP contribution in [0.5, 0.6) is 11.5 Å². The summed E-state index contributed by atoms with van der Waals surface area (Å²) in [5.74, 6) is 0.427. The van der Waals surface area contributed by atoms with Gasteiger partial charge in [-0.15, -0.1) is 0 Å². The van der Waals surface area contributed by atoms with Gasteiger partial charge in [0, 0.05) is 49.7 Å². The second-order valence-electron chi connectivity index (χ2n) is 6.25. The van der Waals surface area contributed by atoms with Gasteiger partial charge in [0.2, 0.25) is 0 Å². The van der Waals surface area contributed by atoms with Crippen LogP contribution in [-0.4, -0.2) is 73.1 Å². The van der Waals surface area contributed by atoms with Crippen molar-refractivity contribution in [1.82, 2.24) is 10.6 Å². The molecule has 28 heavy (non-hydrogen) atoms. The van der Waals surface area contributed by atoms with Gasteiger partial charge in [0.1, 0.15) is 11.5 Å². The van der Waals surface area contributed by atoms with E-state index in [1.54, 1.807) is 48.8 Å². The molecule has 7 heteroatoms. The van der Waals surface area contributed by atoms with Crippen LogP contribution in [0.2, 0.25) is 0 Å². The minimum atomic E-state index is -0.496. The summed E-state index contributed by atoms with van der Waals surface area (Å²) in [6.07, 6.45) is 2.79. The summed E-state index contributed by atoms with van der Waals surface area (Å²) in [4.78, 5) is 8.50. The summed E-state index contributed by atoms with van der Waals surface area (Å²) in [5.41, 5.74) is 1.38. The maximum Gasteiger partial charge on any atom is 0.124 e. The number of phenols is 2. The molecule has 0 aliphatic carbocycles. The molecule has 0 saturated heterocycles. The Morgan fingerprint density at radius 3 is 1.61 bits per heavy atom. The van der Waals surface area contributed by atoms with Gasteiger partial charge in [-0.05, 0) is 24.3 Å². The third-order valence-corrected chi connectivity index (χ3v) is 3.93. The highest BCUT2D eigenvalue weighted by atomic mass is 16.3. The van der Waals surface area contributed by atoms with Crippen molar-refractivity contribution in [2.24, 2.45) is 9.98 Å². The molecular formula is C21H28N4O3. The van der Waals surface area contributed by atoms with Crippen LogP contribution in [0.25, 0.3) is 0 Å². The van der Waals surface area contributed by atoms with Crippen LogP contribution in [0.15, 0.2) is 58.5 Å². The smallest absolute Gasteiger partial charge is 0.124 e. The molecule has 7 nitrogen and oxygen atoms in total. The number of phenolic OH excluding ortho intramolecular Hbond substituents is 2. The molecule has 0 radical (unpaired) electrons. The summed E-state index contributed by atoms with van der Waals surface area (Å²) < 4.78 is 0. The molecule has 150 valence electrons. The molecule has 5 N–H and O–H groups in total. The summed E-state index contributed by atoms with van der Waals surface area (Å²) in [5, 5.41) is 35.5. The quantitative estimate of drug-likeness (QED) is 0.279. The number of hydrogen-bond donors (Lipinski definition) is 5. The predicted octanol–water partition coefficient (Wildman–Crippen LogP) is 1.18. The maximum atomic E-state index is 9.92. The fourth-order valence-corrected chi connectivity index (χ4v) is 2.42. The van der Waals surface area contributed by atoms with Crippen LogP contribution < -0.4 is 10.6 Å². The van der Waals surface area contributed by atoms with E-state index in [0.29, 0.717) is 50.4 Å². The van der Waals surface area contributed by atoms with E-state index in [1.807, 2.05) is 12.1 Å². The zero-order valence-corrected chi connectivity index (χ0v) is 15.8. The van der Waals surface area contributed by atoms with Crippen LogP contribution in [0.3, 0.4) is 0 Å². The molecule has 0 spiro atoms. The number of benzene rings is 2. The Morgan fingerprint density at radius 2 is 1.18 bits per heavy atom. The number of nitrogens with one attached hydrogen (secondary N) is 2. The van der Waals surface area contributed by atoms with Gasteiger partial charge in [-0.2, -0.15) is 0 Å². The third kappa shape index (κ3) is 8.30. The maximum absolute atomic E-state index is 9.92. The van der Waals surface area contributed by atoms with E-state index in [1.165, 1.54) is 0 Å². The molecule has 2 aromatic carbocycles. The predicted molar refractivity (Wildman–Crippen MR) is 113 cm³/mol. The third-order valence-electron chi connectivity index (χ3n) is 3.93. The number of aliphatic hydroxyl groups excluding tert-OH is 1. The molecule has 0 aliphatic rings. The fraction of sp³-hybridized carbons (Fsp3) is 0.333. The van der Waals surface area contributed by atoms with Gasteiger partial charge in [-0.3, -0.25) is 9.98 Å². The van der Waals surface area contributed by atoms with Gasteiger partial charge in [-0.25, -0.2) is 0 Å².